The number of rotatable bonds is 3. The largest absolute Gasteiger partial charge is 0.340 e. The third-order valence-electron chi connectivity index (χ3n) is 6.17. The van der Waals surface area contributed by atoms with Gasteiger partial charge in [-0.1, -0.05) is 32.6 Å². The normalized spacial score (nSPS) is 39.2. The van der Waals surface area contributed by atoms with Crippen LogP contribution in [0.2, 0.25) is 0 Å². The van der Waals surface area contributed by atoms with Crippen molar-refractivity contribution < 1.29 is 4.79 Å². The van der Waals surface area contributed by atoms with Gasteiger partial charge in [-0.05, 0) is 56.3 Å². The van der Waals surface area contributed by atoms with Gasteiger partial charge in [-0.25, -0.2) is 0 Å². The van der Waals surface area contributed by atoms with E-state index in [-0.39, 0.29) is 0 Å². The molecule has 0 radical (unpaired) electrons. The molecule has 2 nitrogen and oxygen atoms in total. The first-order valence-electron chi connectivity index (χ1n) is 9.02. The van der Waals surface area contributed by atoms with Crippen LogP contribution >= 0.6 is 0 Å². The second-order valence-corrected chi connectivity index (χ2v) is 7.73. The van der Waals surface area contributed by atoms with Gasteiger partial charge in [0, 0.05) is 19.0 Å². The molecule has 3 fully saturated rings. The quantitative estimate of drug-likeness (QED) is 0.749. The van der Waals surface area contributed by atoms with Gasteiger partial charge in [0.15, 0.2) is 0 Å². The van der Waals surface area contributed by atoms with Crippen molar-refractivity contribution in [2.24, 2.45) is 17.8 Å². The summed E-state index contributed by atoms with van der Waals surface area (Å²) < 4.78 is 0. The number of likely N-dealkylation sites (tertiary alicyclic amines) is 1. The lowest BCUT2D eigenvalue weighted by molar-refractivity contribution is -0.130. The molecular weight excluding hydrogens is 246 g/mol. The molecule has 1 heterocycles. The maximum atomic E-state index is 11.8. The molecule has 114 valence electrons. The van der Waals surface area contributed by atoms with Crippen LogP contribution in [0.25, 0.3) is 0 Å². The first-order valence-corrected chi connectivity index (χ1v) is 9.02. The smallest absolute Gasteiger partial charge is 0.222 e. The maximum Gasteiger partial charge on any atom is 0.222 e. The van der Waals surface area contributed by atoms with E-state index in [0.29, 0.717) is 11.9 Å². The van der Waals surface area contributed by atoms with E-state index in [1.165, 1.54) is 57.8 Å². The maximum absolute atomic E-state index is 11.8. The van der Waals surface area contributed by atoms with Gasteiger partial charge < -0.3 is 4.90 Å². The molecule has 0 unspecified atom stereocenters. The van der Waals surface area contributed by atoms with Gasteiger partial charge in [-0.3, -0.25) is 4.79 Å². The van der Waals surface area contributed by atoms with E-state index in [0.717, 1.165) is 37.1 Å². The van der Waals surface area contributed by atoms with Crippen molar-refractivity contribution in [3.63, 3.8) is 0 Å². The minimum absolute atomic E-state index is 0.426. The lowest BCUT2D eigenvalue weighted by atomic mass is 9.74. The Morgan fingerprint density at radius 2 is 1.55 bits per heavy atom. The molecule has 1 amide bonds. The standard InChI is InChI=1S/C18H31NO/c1-14-4-6-15(7-5-14)13-16-8-10-17(11-9-16)19-12-2-3-18(19)20/h14-17H,2-13H2,1H3. The molecule has 2 saturated carbocycles. The molecule has 2 heteroatoms. The second kappa shape index (κ2) is 6.49. The van der Waals surface area contributed by atoms with Crippen molar-refractivity contribution in [1.82, 2.24) is 4.90 Å². The molecule has 1 aliphatic heterocycles. The Morgan fingerprint density at radius 1 is 0.950 bits per heavy atom. The van der Waals surface area contributed by atoms with Crippen LogP contribution in [0, 0.1) is 17.8 Å². The van der Waals surface area contributed by atoms with E-state index in [1.54, 1.807) is 0 Å². The van der Waals surface area contributed by atoms with Crippen LogP contribution in [-0.2, 0) is 4.79 Å². The first-order chi connectivity index (χ1) is 9.72. The molecule has 2 aliphatic carbocycles. The van der Waals surface area contributed by atoms with Gasteiger partial charge in [-0.2, -0.15) is 0 Å². The molecular formula is C18H31NO. The highest BCUT2D eigenvalue weighted by molar-refractivity contribution is 5.78. The highest BCUT2D eigenvalue weighted by Gasteiger charge is 2.32. The fourth-order valence-electron chi connectivity index (χ4n) is 4.78. The highest BCUT2D eigenvalue weighted by atomic mass is 16.2. The molecule has 0 aromatic carbocycles. The summed E-state index contributed by atoms with van der Waals surface area (Å²) in [5.41, 5.74) is 0. The Kier molecular flexibility index (Phi) is 4.68. The van der Waals surface area contributed by atoms with Crippen LogP contribution in [0.4, 0.5) is 0 Å². The Labute approximate surface area is 124 Å². The summed E-state index contributed by atoms with van der Waals surface area (Å²) in [5.74, 6) is 3.38. The van der Waals surface area contributed by atoms with Gasteiger partial charge in [-0.15, -0.1) is 0 Å². The number of nitrogens with zero attached hydrogens (tertiary/aromatic N) is 1. The fourth-order valence-corrected chi connectivity index (χ4v) is 4.78. The average Bonchev–Trinajstić information content (AvgIpc) is 2.89. The van der Waals surface area contributed by atoms with E-state index in [2.05, 4.69) is 11.8 Å². The summed E-state index contributed by atoms with van der Waals surface area (Å²) >= 11 is 0. The number of hydrogen-bond donors (Lipinski definition) is 0. The molecule has 0 aromatic rings. The van der Waals surface area contributed by atoms with Gasteiger partial charge in [0.05, 0.1) is 0 Å². The third-order valence-corrected chi connectivity index (χ3v) is 6.17. The summed E-state index contributed by atoms with van der Waals surface area (Å²) in [6, 6.07) is 0.590. The van der Waals surface area contributed by atoms with Crippen molar-refractivity contribution in [1.29, 1.82) is 0 Å². The first kappa shape index (κ1) is 14.4. The number of amides is 1. The van der Waals surface area contributed by atoms with Crippen molar-refractivity contribution in [3.05, 3.63) is 0 Å². The molecule has 0 aromatic heterocycles. The predicted octanol–water partition coefficient (Wildman–Crippen LogP) is 4.38. The molecule has 0 atom stereocenters. The van der Waals surface area contributed by atoms with E-state index in [1.807, 2.05) is 0 Å². The monoisotopic (exact) mass is 277 g/mol. The molecule has 20 heavy (non-hydrogen) atoms. The van der Waals surface area contributed by atoms with Crippen LogP contribution in [0.3, 0.4) is 0 Å². The molecule has 0 N–H and O–H groups in total. The lowest BCUT2D eigenvalue weighted by Crippen LogP contribution is -2.39. The van der Waals surface area contributed by atoms with Crippen molar-refractivity contribution in [3.8, 4) is 0 Å². The van der Waals surface area contributed by atoms with Crippen LogP contribution in [-0.4, -0.2) is 23.4 Å². The summed E-state index contributed by atoms with van der Waals surface area (Å²) in [7, 11) is 0. The van der Waals surface area contributed by atoms with Crippen molar-refractivity contribution >= 4 is 5.91 Å². The van der Waals surface area contributed by atoms with E-state index >= 15 is 0 Å². The zero-order valence-electron chi connectivity index (χ0n) is 13.2. The number of carbonyl (C=O) groups excluding carboxylic acids is 1. The lowest BCUT2D eigenvalue weighted by Gasteiger charge is -2.36. The molecule has 3 rings (SSSR count). The van der Waals surface area contributed by atoms with E-state index < -0.39 is 0 Å². The Morgan fingerprint density at radius 3 is 2.10 bits per heavy atom. The summed E-state index contributed by atoms with van der Waals surface area (Å²) in [5, 5.41) is 0. The van der Waals surface area contributed by atoms with Crippen LogP contribution < -0.4 is 0 Å². The van der Waals surface area contributed by atoms with Crippen LogP contribution in [0.5, 0.6) is 0 Å². The van der Waals surface area contributed by atoms with Crippen molar-refractivity contribution in [2.75, 3.05) is 6.54 Å². The zero-order valence-corrected chi connectivity index (χ0v) is 13.2. The van der Waals surface area contributed by atoms with E-state index in [4.69, 9.17) is 0 Å². The third kappa shape index (κ3) is 3.38. The summed E-state index contributed by atoms with van der Waals surface area (Å²) in [6.45, 7) is 3.45. The van der Waals surface area contributed by atoms with Gasteiger partial charge in [0.2, 0.25) is 5.91 Å². The molecule has 0 spiro atoms. The number of carbonyl (C=O) groups is 1. The highest BCUT2D eigenvalue weighted by Crippen LogP contribution is 2.38. The van der Waals surface area contributed by atoms with Crippen LogP contribution in [0.1, 0.15) is 77.6 Å². The topological polar surface area (TPSA) is 20.3 Å². The second-order valence-electron chi connectivity index (χ2n) is 7.73. The number of hydrogen-bond acceptors (Lipinski definition) is 1. The minimum Gasteiger partial charge on any atom is -0.340 e. The van der Waals surface area contributed by atoms with E-state index in [9.17, 15) is 4.79 Å². The van der Waals surface area contributed by atoms with Crippen LogP contribution in [0.15, 0.2) is 0 Å². The average molecular weight is 277 g/mol. The molecule has 1 saturated heterocycles. The Bertz CT molecular complexity index is 324. The van der Waals surface area contributed by atoms with Gasteiger partial charge >= 0.3 is 0 Å². The zero-order chi connectivity index (χ0) is 13.9. The fraction of sp³-hybridized carbons (Fsp3) is 0.944. The van der Waals surface area contributed by atoms with Gasteiger partial charge in [0.1, 0.15) is 0 Å². The Hall–Kier alpha value is -0.530. The van der Waals surface area contributed by atoms with Gasteiger partial charge in [0.25, 0.3) is 0 Å². The predicted molar refractivity (Wildman–Crippen MR) is 82.4 cm³/mol. The summed E-state index contributed by atoms with van der Waals surface area (Å²) in [4.78, 5) is 14.0. The minimum atomic E-state index is 0.426. The molecule has 3 aliphatic rings. The Balaban J connectivity index is 1.41. The summed E-state index contributed by atoms with van der Waals surface area (Å²) in [6.07, 6.45) is 14.6. The van der Waals surface area contributed by atoms with Crippen molar-refractivity contribution in [2.45, 2.75) is 83.6 Å². The SMILES string of the molecule is CC1CCC(CC2CCC(N3CCCC3=O)CC2)CC1. The molecule has 0 bridgehead atoms.